The van der Waals surface area contributed by atoms with Crippen molar-refractivity contribution in [3.63, 3.8) is 0 Å². The minimum absolute atomic E-state index is 0.0144. The maximum absolute atomic E-state index is 13.8. The van der Waals surface area contributed by atoms with Gasteiger partial charge in [-0.2, -0.15) is 0 Å². The van der Waals surface area contributed by atoms with Crippen LogP contribution in [-0.4, -0.2) is 42.1 Å². The molecule has 0 radical (unpaired) electrons. The largest absolute Gasteiger partial charge is 0.490 e. The highest BCUT2D eigenvalue weighted by Crippen LogP contribution is 2.41. The molecule has 7 nitrogen and oxygen atoms in total. The predicted molar refractivity (Wildman–Crippen MR) is 132 cm³/mol. The van der Waals surface area contributed by atoms with Gasteiger partial charge in [-0.25, -0.2) is 4.39 Å². The summed E-state index contributed by atoms with van der Waals surface area (Å²) in [7, 11) is 0. The van der Waals surface area contributed by atoms with Crippen LogP contribution >= 0.6 is 0 Å². The van der Waals surface area contributed by atoms with Gasteiger partial charge in [-0.3, -0.25) is 14.4 Å². The number of carboxylic acid groups (broad SMARTS) is 1. The number of benzene rings is 2. The highest BCUT2D eigenvalue weighted by Gasteiger charge is 2.42. The maximum Gasteiger partial charge on any atom is 0.306 e. The third kappa shape index (κ3) is 6.04. The Morgan fingerprint density at radius 2 is 1.61 bits per heavy atom. The number of carbonyl (C=O) groups excluding carboxylic acids is 2. The molecular weight excluding hydrogens is 463 g/mol. The van der Waals surface area contributed by atoms with E-state index in [2.05, 4.69) is 10.6 Å². The van der Waals surface area contributed by atoms with Crippen LogP contribution in [0.3, 0.4) is 0 Å². The summed E-state index contributed by atoms with van der Waals surface area (Å²) in [5.74, 6) is -1.10. The van der Waals surface area contributed by atoms with E-state index in [4.69, 9.17) is 9.84 Å². The van der Waals surface area contributed by atoms with Crippen LogP contribution in [0.2, 0.25) is 0 Å². The molecule has 0 atom stereocenters. The van der Waals surface area contributed by atoms with Crippen LogP contribution in [-0.2, 0) is 15.0 Å². The van der Waals surface area contributed by atoms with Crippen LogP contribution in [0.1, 0.15) is 67.3 Å². The summed E-state index contributed by atoms with van der Waals surface area (Å²) in [5, 5.41) is 14.8. The number of halogens is 1. The number of hydrogen-bond acceptors (Lipinski definition) is 4. The average Bonchev–Trinajstić information content (AvgIpc) is 3.39. The number of amides is 2. The van der Waals surface area contributed by atoms with Crippen molar-refractivity contribution in [2.75, 3.05) is 13.1 Å². The fourth-order valence-electron chi connectivity index (χ4n) is 5.34. The molecule has 2 fully saturated rings. The van der Waals surface area contributed by atoms with E-state index in [1.54, 1.807) is 30.3 Å². The van der Waals surface area contributed by atoms with E-state index in [1.165, 1.54) is 12.1 Å². The van der Waals surface area contributed by atoms with Gasteiger partial charge in [0.05, 0.1) is 17.4 Å². The van der Waals surface area contributed by atoms with Crippen molar-refractivity contribution in [3.05, 3.63) is 65.5 Å². The van der Waals surface area contributed by atoms with Gasteiger partial charge in [-0.05, 0) is 80.5 Å². The third-order valence-electron chi connectivity index (χ3n) is 7.41. The van der Waals surface area contributed by atoms with Crippen LogP contribution in [0, 0.1) is 11.7 Å². The zero-order valence-electron chi connectivity index (χ0n) is 20.3. The third-order valence-corrected chi connectivity index (χ3v) is 7.41. The van der Waals surface area contributed by atoms with Crippen molar-refractivity contribution in [1.29, 1.82) is 0 Å². The van der Waals surface area contributed by atoms with E-state index in [1.807, 2.05) is 6.07 Å². The summed E-state index contributed by atoms with van der Waals surface area (Å²) >= 11 is 0. The first-order chi connectivity index (χ1) is 17.4. The zero-order valence-corrected chi connectivity index (χ0v) is 20.3. The lowest BCUT2D eigenvalue weighted by molar-refractivity contribution is -0.143. The first-order valence-electron chi connectivity index (χ1n) is 12.7. The number of ether oxygens (including phenoxy) is 1. The summed E-state index contributed by atoms with van der Waals surface area (Å²) in [6.45, 7) is 0.552. The van der Waals surface area contributed by atoms with Gasteiger partial charge in [0.1, 0.15) is 11.6 Å². The molecule has 0 aromatic heterocycles. The van der Waals surface area contributed by atoms with E-state index in [9.17, 15) is 18.8 Å². The van der Waals surface area contributed by atoms with Crippen molar-refractivity contribution >= 4 is 17.8 Å². The van der Waals surface area contributed by atoms with E-state index < -0.39 is 11.4 Å². The molecule has 0 aliphatic heterocycles. The second-order valence-electron chi connectivity index (χ2n) is 9.77. The molecule has 2 saturated carbocycles. The maximum atomic E-state index is 13.8. The molecule has 2 aromatic carbocycles. The van der Waals surface area contributed by atoms with Gasteiger partial charge in [0.15, 0.2) is 0 Å². The van der Waals surface area contributed by atoms with E-state index in [0.29, 0.717) is 55.4 Å². The summed E-state index contributed by atoms with van der Waals surface area (Å²) in [4.78, 5) is 36.6. The number of rotatable bonds is 9. The summed E-state index contributed by atoms with van der Waals surface area (Å²) < 4.78 is 19.7. The number of hydrogen-bond donors (Lipinski definition) is 3. The Hall–Kier alpha value is -3.42. The fourth-order valence-corrected chi connectivity index (χ4v) is 5.34. The SMILES string of the molecule is O=C(NCCNC(=O)C1(c2cccc(F)c2)CCCC1)c1ccc(OC2CCC(C(=O)O)CC2)cc1. The van der Waals surface area contributed by atoms with Crippen molar-refractivity contribution in [2.45, 2.75) is 62.9 Å². The standard InChI is InChI=1S/C28H33FN2O5/c29-22-5-3-4-21(18-22)28(14-1-2-15-28)27(35)31-17-16-30-25(32)19-6-10-23(11-7-19)36-24-12-8-20(9-13-24)26(33)34/h3-7,10-11,18,20,24H,1-2,8-9,12-17H2,(H,30,32)(H,31,35)(H,33,34). The quantitative estimate of drug-likeness (QED) is 0.451. The summed E-state index contributed by atoms with van der Waals surface area (Å²) in [6.07, 6.45) is 5.82. The molecule has 0 unspecified atom stereocenters. The van der Waals surface area contributed by atoms with Gasteiger partial charge in [-0.1, -0.05) is 25.0 Å². The average molecular weight is 497 g/mol. The van der Waals surface area contributed by atoms with Crippen molar-refractivity contribution in [3.8, 4) is 5.75 Å². The molecule has 0 spiro atoms. The van der Waals surface area contributed by atoms with Crippen molar-refractivity contribution in [1.82, 2.24) is 10.6 Å². The van der Waals surface area contributed by atoms with Crippen LogP contribution in [0.25, 0.3) is 0 Å². The van der Waals surface area contributed by atoms with Crippen LogP contribution in [0.5, 0.6) is 5.75 Å². The highest BCUT2D eigenvalue weighted by molar-refractivity contribution is 5.94. The lowest BCUT2D eigenvalue weighted by Crippen LogP contribution is -2.45. The topological polar surface area (TPSA) is 105 Å². The number of aliphatic carboxylic acids is 1. The van der Waals surface area contributed by atoms with Gasteiger partial charge in [0, 0.05) is 18.7 Å². The minimum atomic E-state index is -0.743. The van der Waals surface area contributed by atoms with Gasteiger partial charge in [0.25, 0.3) is 5.91 Å². The predicted octanol–water partition coefficient (Wildman–Crippen LogP) is 4.21. The molecule has 4 rings (SSSR count). The number of nitrogens with one attached hydrogen (secondary N) is 2. The first kappa shape index (κ1) is 25.7. The highest BCUT2D eigenvalue weighted by atomic mass is 19.1. The number of carbonyl (C=O) groups is 3. The van der Waals surface area contributed by atoms with Crippen molar-refractivity contribution < 1.29 is 28.6 Å². The molecule has 0 saturated heterocycles. The van der Waals surface area contributed by atoms with E-state index in [-0.39, 0.29) is 42.7 Å². The second kappa shape index (κ2) is 11.5. The van der Waals surface area contributed by atoms with Crippen LogP contribution in [0.4, 0.5) is 4.39 Å². The lowest BCUT2D eigenvalue weighted by Gasteiger charge is -2.28. The summed E-state index contributed by atoms with van der Waals surface area (Å²) in [6, 6.07) is 13.1. The molecule has 2 amide bonds. The molecular formula is C28H33FN2O5. The Labute approximate surface area is 210 Å². The molecule has 0 heterocycles. The van der Waals surface area contributed by atoms with Crippen LogP contribution < -0.4 is 15.4 Å². The fraction of sp³-hybridized carbons (Fsp3) is 0.464. The first-order valence-corrected chi connectivity index (χ1v) is 12.7. The van der Waals surface area contributed by atoms with Crippen LogP contribution in [0.15, 0.2) is 48.5 Å². The Morgan fingerprint density at radius 1 is 0.944 bits per heavy atom. The van der Waals surface area contributed by atoms with Gasteiger partial charge < -0.3 is 20.5 Å². The van der Waals surface area contributed by atoms with E-state index >= 15 is 0 Å². The summed E-state index contributed by atoms with van der Waals surface area (Å²) in [5.41, 5.74) is 0.475. The lowest BCUT2D eigenvalue weighted by atomic mass is 9.78. The number of carboxylic acids is 1. The Bertz CT molecular complexity index is 1070. The molecule has 2 aliphatic carbocycles. The second-order valence-corrected chi connectivity index (χ2v) is 9.77. The van der Waals surface area contributed by atoms with Gasteiger partial charge in [-0.15, -0.1) is 0 Å². The monoisotopic (exact) mass is 496 g/mol. The molecule has 192 valence electrons. The normalized spacial score (nSPS) is 20.9. The Morgan fingerprint density at radius 3 is 2.25 bits per heavy atom. The Balaban J connectivity index is 1.22. The van der Waals surface area contributed by atoms with E-state index in [0.717, 1.165) is 12.8 Å². The molecule has 0 bridgehead atoms. The molecule has 3 N–H and O–H groups in total. The Kier molecular flexibility index (Phi) is 8.23. The van der Waals surface area contributed by atoms with Gasteiger partial charge in [0.2, 0.25) is 5.91 Å². The molecule has 2 aliphatic rings. The molecule has 2 aromatic rings. The minimum Gasteiger partial charge on any atom is -0.490 e. The van der Waals surface area contributed by atoms with Crippen molar-refractivity contribution in [2.24, 2.45) is 5.92 Å². The zero-order chi connectivity index (χ0) is 25.5. The molecule has 36 heavy (non-hydrogen) atoms. The molecule has 8 heteroatoms. The van der Waals surface area contributed by atoms with Gasteiger partial charge >= 0.3 is 5.97 Å². The smallest absolute Gasteiger partial charge is 0.306 e.